The molecule has 1 unspecified atom stereocenters. The maximum absolute atomic E-state index is 13.3. The van der Waals surface area contributed by atoms with Crippen LogP contribution in [-0.4, -0.2) is 45.2 Å². The Balaban J connectivity index is 2.64. The molecule has 134 valence electrons. The monoisotopic (exact) mass is 342 g/mol. The fraction of sp³-hybridized carbons (Fsp3) is 0.500. The zero-order valence-electron chi connectivity index (χ0n) is 14.2. The van der Waals surface area contributed by atoms with Gasteiger partial charge in [0.25, 0.3) is 0 Å². The van der Waals surface area contributed by atoms with Crippen molar-refractivity contribution >= 4 is 11.9 Å². The number of carbonyl (C=O) groups is 1. The third-order valence-corrected chi connectivity index (χ3v) is 3.15. The number of halogens is 2. The van der Waals surface area contributed by atoms with Crippen LogP contribution in [0.2, 0.25) is 0 Å². The summed E-state index contributed by atoms with van der Waals surface area (Å²) in [6.07, 6.45) is 0. The lowest BCUT2D eigenvalue weighted by molar-refractivity contribution is -0.119. The fourth-order valence-corrected chi connectivity index (χ4v) is 1.89. The lowest BCUT2D eigenvalue weighted by Gasteiger charge is -2.18. The third-order valence-electron chi connectivity index (χ3n) is 3.15. The lowest BCUT2D eigenvalue weighted by atomic mass is 10.1. The Kier molecular flexibility index (Phi) is 8.70. The van der Waals surface area contributed by atoms with Crippen LogP contribution in [-0.2, 0) is 9.53 Å². The molecular weight excluding hydrogens is 318 g/mol. The van der Waals surface area contributed by atoms with Gasteiger partial charge < -0.3 is 20.7 Å². The standard InChI is InChI=1S/C16H24F2N4O2/c1-4-19-16(21-10-15(23)20-7-8-24-3)22-11(2)12-5-6-13(17)14(18)9-12/h5-6,9,11H,4,7-8,10H2,1-3H3,(H,20,23)(H2,19,21,22). The molecule has 8 heteroatoms. The van der Waals surface area contributed by atoms with E-state index >= 15 is 0 Å². The van der Waals surface area contributed by atoms with Crippen molar-refractivity contribution in [3.63, 3.8) is 0 Å². The molecule has 0 saturated carbocycles. The second-order valence-electron chi connectivity index (χ2n) is 5.08. The van der Waals surface area contributed by atoms with Crippen molar-refractivity contribution in [3.05, 3.63) is 35.4 Å². The van der Waals surface area contributed by atoms with Crippen LogP contribution in [0.4, 0.5) is 8.78 Å². The molecule has 1 rings (SSSR count). The first-order chi connectivity index (χ1) is 11.5. The molecule has 0 aliphatic carbocycles. The summed E-state index contributed by atoms with van der Waals surface area (Å²) in [5.74, 6) is -1.61. The Hall–Kier alpha value is -2.22. The van der Waals surface area contributed by atoms with E-state index in [2.05, 4.69) is 20.9 Å². The van der Waals surface area contributed by atoms with Gasteiger partial charge in [-0.2, -0.15) is 0 Å². The second-order valence-corrected chi connectivity index (χ2v) is 5.08. The van der Waals surface area contributed by atoms with Gasteiger partial charge in [0.05, 0.1) is 12.6 Å². The van der Waals surface area contributed by atoms with Crippen LogP contribution in [0.3, 0.4) is 0 Å². The van der Waals surface area contributed by atoms with Crippen LogP contribution < -0.4 is 16.0 Å². The Morgan fingerprint density at radius 2 is 2.04 bits per heavy atom. The van der Waals surface area contributed by atoms with Crippen LogP contribution in [0.15, 0.2) is 23.2 Å². The minimum Gasteiger partial charge on any atom is -0.383 e. The van der Waals surface area contributed by atoms with Crippen LogP contribution >= 0.6 is 0 Å². The molecule has 1 atom stereocenters. The summed E-state index contributed by atoms with van der Waals surface area (Å²) in [6.45, 7) is 5.07. The SMILES string of the molecule is CCNC(=NCC(=O)NCCOC)NC(C)c1ccc(F)c(F)c1. The molecule has 1 aromatic carbocycles. The molecule has 1 amide bonds. The molecule has 0 bridgehead atoms. The Morgan fingerprint density at radius 3 is 2.67 bits per heavy atom. The largest absolute Gasteiger partial charge is 0.383 e. The van der Waals surface area contributed by atoms with E-state index < -0.39 is 11.6 Å². The smallest absolute Gasteiger partial charge is 0.241 e. The number of ether oxygens (including phenoxy) is 1. The summed E-state index contributed by atoms with van der Waals surface area (Å²) >= 11 is 0. The zero-order chi connectivity index (χ0) is 17.9. The van der Waals surface area contributed by atoms with E-state index in [9.17, 15) is 13.6 Å². The summed E-state index contributed by atoms with van der Waals surface area (Å²) in [4.78, 5) is 15.8. The van der Waals surface area contributed by atoms with Crippen LogP contribution in [0.5, 0.6) is 0 Å². The van der Waals surface area contributed by atoms with Gasteiger partial charge >= 0.3 is 0 Å². The summed E-state index contributed by atoms with van der Waals surface area (Å²) in [6, 6.07) is 3.40. The highest BCUT2D eigenvalue weighted by atomic mass is 19.2. The molecule has 0 aromatic heterocycles. The Morgan fingerprint density at radius 1 is 1.29 bits per heavy atom. The highest BCUT2D eigenvalue weighted by Crippen LogP contribution is 2.15. The molecule has 3 N–H and O–H groups in total. The topological polar surface area (TPSA) is 74.8 Å². The van der Waals surface area contributed by atoms with Gasteiger partial charge in [0, 0.05) is 20.2 Å². The highest BCUT2D eigenvalue weighted by Gasteiger charge is 2.11. The van der Waals surface area contributed by atoms with Crippen LogP contribution in [0.25, 0.3) is 0 Å². The maximum Gasteiger partial charge on any atom is 0.241 e. The molecule has 0 aliphatic rings. The number of carbonyl (C=O) groups excluding carboxylic acids is 1. The molecule has 0 radical (unpaired) electrons. The number of nitrogens with zero attached hydrogens (tertiary/aromatic N) is 1. The predicted octanol–water partition coefficient (Wildman–Crippen LogP) is 1.34. The fourth-order valence-electron chi connectivity index (χ4n) is 1.89. The first kappa shape index (κ1) is 19.8. The first-order valence-electron chi connectivity index (χ1n) is 7.73. The van der Waals surface area contributed by atoms with Gasteiger partial charge in [-0.3, -0.25) is 4.79 Å². The van der Waals surface area contributed by atoms with Gasteiger partial charge in [-0.1, -0.05) is 6.07 Å². The van der Waals surface area contributed by atoms with Crippen molar-refractivity contribution in [3.8, 4) is 0 Å². The second kappa shape index (κ2) is 10.5. The van der Waals surface area contributed by atoms with Gasteiger partial charge in [-0.15, -0.1) is 0 Å². The summed E-state index contributed by atoms with van der Waals surface area (Å²) in [7, 11) is 1.55. The molecule has 0 saturated heterocycles. The summed E-state index contributed by atoms with van der Waals surface area (Å²) < 4.78 is 31.2. The number of amides is 1. The van der Waals surface area contributed by atoms with E-state index in [-0.39, 0.29) is 18.5 Å². The maximum atomic E-state index is 13.3. The number of rotatable bonds is 8. The third kappa shape index (κ3) is 6.91. The molecule has 6 nitrogen and oxygen atoms in total. The van der Waals surface area contributed by atoms with E-state index in [1.165, 1.54) is 6.07 Å². The minimum atomic E-state index is -0.902. The number of hydrogen-bond donors (Lipinski definition) is 3. The highest BCUT2D eigenvalue weighted by molar-refractivity contribution is 5.85. The quantitative estimate of drug-likeness (QED) is 0.379. The normalized spacial score (nSPS) is 12.6. The van der Waals surface area contributed by atoms with Crippen molar-refractivity contribution < 1.29 is 18.3 Å². The molecule has 24 heavy (non-hydrogen) atoms. The van der Waals surface area contributed by atoms with Gasteiger partial charge in [0.15, 0.2) is 17.6 Å². The van der Waals surface area contributed by atoms with E-state index in [1.54, 1.807) is 14.0 Å². The van der Waals surface area contributed by atoms with E-state index in [4.69, 9.17) is 4.74 Å². The van der Waals surface area contributed by atoms with E-state index in [1.807, 2.05) is 6.92 Å². The van der Waals surface area contributed by atoms with Crippen LogP contribution in [0, 0.1) is 11.6 Å². The number of hydrogen-bond acceptors (Lipinski definition) is 3. The zero-order valence-corrected chi connectivity index (χ0v) is 14.2. The average Bonchev–Trinajstić information content (AvgIpc) is 2.55. The van der Waals surface area contributed by atoms with E-state index in [0.717, 1.165) is 12.1 Å². The Labute approximate surface area is 140 Å². The molecule has 1 aromatic rings. The van der Waals surface area contributed by atoms with Crippen molar-refractivity contribution in [2.45, 2.75) is 19.9 Å². The van der Waals surface area contributed by atoms with Crippen LogP contribution in [0.1, 0.15) is 25.5 Å². The minimum absolute atomic E-state index is 0.0520. The van der Waals surface area contributed by atoms with Gasteiger partial charge in [0.1, 0.15) is 6.54 Å². The summed E-state index contributed by atoms with van der Waals surface area (Å²) in [5, 5.41) is 8.71. The predicted molar refractivity (Wildman–Crippen MR) is 88.8 cm³/mol. The average molecular weight is 342 g/mol. The number of aliphatic imine (C=N–C) groups is 1. The Bertz CT molecular complexity index is 567. The van der Waals surface area contributed by atoms with Crippen molar-refractivity contribution in [2.75, 3.05) is 33.4 Å². The van der Waals surface area contributed by atoms with Gasteiger partial charge in [0.2, 0.25) is 5.91 Å². The lowest BCUT2D eigenvalue weighted by Crippen LogP contribution is -2.40. The number of benzene rings is 1. The summed E-state index contributed by atoms with van der Waals surface area (Å²) in [5.41, 5.74) is 0.573. The van der Waals surface area contributed by atoms with Gasteiger partial charge in [-0.25, -0.2) is 13.8 Å². The van der Waals surface area contributed by atoms with Gasteiger partial charge in [-0.05, 0) is 31.5 Å². The number of methoxy groups -OCH3 is 1. The molecular formula is C16H24F2N4O2. The molecule has 0 aliphatic heterocycles. The molecule has 0 heterocycles. The van der Waals surface area contributed by atoms with Crippen molar-refractivity contribution in [1.82, 2.24) is 16.0 Å². The number of nitrogens with one attached hydrogen (secondary N) is 3. The number of guanidine groups is 1. The molecule has 0 spiro atoms. The first-order valence-corrected chi connectivity index (χ1v) is 7.73. The van der Waals surface area contributed by atoms with E-state index in [0.29, 0.717) is 31.2 Å². The molecule has 0 fully saturated rings. The van der Waals surface area contributed by atoms with Crippen molar-refractivity contribution in [2.24, 2.45) is 4.99 Å². The van der Waals surface area contributed by atoms with Crippen molar-refractivity contribution in [1.29, 1.82) is 0 Å².